The van der Waals surface area contributed by atoms with E-state index in [-0.39, 0.29) is 5.41 Å². The number of fused-ring (bicyclic) bond motifs is 6. The van der Waals surface area contributed by atoms with Gasteiger partial charge in [0.1, 0.15) is 0 Å². The van der Waals surface area contributed by atoms with Gasteiger partial charge in [-0.2, -0.15) is 0 Å². The lowest BCUT2D eigenvalue weighted by Crippen LogP contribution is -2.16. The van der Waals surface area contributed by atoms with E-state index in [9.17, 15) is 0 Å². The predicted molar refractivity (Wildman–Crippen MR) is 278 cm³/mol. The van der Waals surface area contributed by atoms with Crippen LogP contribution >= 0.6 is 0 Å². The molecule has 9 aromatic carbocycles. The zero-order valence-electron chi connectivity index (χ0n) is 38.2. The maximum atomic E-state index is 2.47. The summed E-state index contributed by atoms with van der Waals surface area (Å²) in [5.41, 5.74) is 23.7. The van der Waals surface area contributed by atoms with E-state index in [4.69, 9.17) is 0 Å². The first-order valence-electron chi connectivity index (χ1n) is 23.2. The van der Waals surface area contributed by atoms with Gasteiger partial charge in [0.15, 0.2) is 0 Å². The molecule has 0 bridgehead atoms. The minimum absolute atomic E-state index is 0.101. The first-order valence-corrected chi connectivity index (χ1v) is 23.2. The number of aromatic nitrogens is 1. The van der Waals surface area contributed by atoms with Crippen LogP contribution in [-0.2, 0) is 11.8 Å². The standard InChI is InChI=1S/C63H54N2/c1-7-43-35-50(49-34-42(4)33-48(37-49)41(2)3)38-54(36-43)65-61-20-14-12-18-57(61)58-39-47(25-32-62(58)65)46-23-28-52(29-24-46)64(51-26-21-45(22-27-51)44-15-9-8-10-16-44)53-30-31-56-55-17-11-13-19-59(55)63(5,6)60(56)40-53/h8-41H,7H2,1-6H3. The van der Waals surface area contributed by atoms with E-state index in [0.717, 1.165) is 23.5 Å². The Morgan fingerprint density at radius 2 is 1.06 bits per heavy atom. The Hall–Kier alpha value is -7.42. The summed E-state index contributed by atoms with van der Waals surface area (Å²) in [6, 6.07) is 74.8. The zero-order chi connectivity index (χ0) is 44.4. The lowest BCUT2D eigenvalue weighted by atomic mass is 9.82. The molecule has 65 heavy (non-hydrogen) atoms. The monoisotopic (exact) mass is 838 g/mol. The highest BCUT2D eigenvalue weighted by Crippen LogP contribution is 2.51. The van der Waals surface area contributed by atoms with Gasteiger partial charge in [0, 0.05) is 38.9 Å². The minimum atomic E-state index is -0.101. The van der Waals surface area contributed by atoms with Gasteiger partial charge >= 0.3 is 0 Å². The molecule has 0 saturated heterocycles. The molecule has 0 aliphatic heterocycles. The molecule has 0 unspecified atom stereocenters. The van der Waals surface area contributed by atoms with Crippen LogP contribution in [-0.4, -0.2) is 4.57 Å². The molecule has 1 aliphatic rings. The molecule has 0 spiro atoms. The molecular weight excluding hydrogens is 785 g/mol. The summed E-state index contributed by atoms with van der Waals surface area (Å²) >= 11 is 0. The maximum absolute atomic E-state index is 2.47. The molecule has 11 rings (SSSR count). The maximum Gasteiger partial charge on any atom is 0.0541 e. The third-order valence-electron chi connectivity index (χ3n) is 13.9. The number of benzene rings is 9. The fourth-order valence-corrected chi connectivity index (χ4v) is 10.4. The van der Waals surface area contributed by atoms with Crippen molar-refractivity contribution >= 4 is 38.9 Å². The van der Waals surface area contributed by atoms with Crippen molar-refractivity contribution in [2.24, 2.45) is 0 Å². The molecule has 0 amide bonds. The highest BCUT2D eigenvalue weighted by atomic mass is 15.1. The Balaban J connectivity index is 0.993. The van der Waals surface area contributed by atoms with Gasteiger partial charge in [-0.15, -0.1) is 0 Å². The number of hydrogen-bond acceptors (Lipinski definition) is 1. The Morgan fingerprint density at radius 3 is 1.80 bits per heavy atom. The second-order valence-electron chi connectivity index (χ2n) is 18.8. The second-order valence-corrected chi connectivity index (χ2v) is 18.8. The van der Waals surface area contributed by atoms with E-state index in [1.807, 2.05) is 0 Å². The number of para-hydroxylation sites is 1. The summed E-state index contributed by atoms with van der Waals surface area (Å²) in [5, 5.41) is 2.51. The highest BCUT2D eigenvalue weighted by molar-refractivity contribution is 6.10. The van der Waals surface area contributed by atoms with Gasteiger partial charge in [-0.3, -0.25) is 0 Å². The molecule has 0 atom stereocenters. The molecule has 0 saturated carbocycles. The first kappa shape index (κ1) is 40.4. The van der Waals surface area contributed by atoms with Crippen LogP contribution in [0.5, 0.6) is 0 Å². The number of nitrogens with zero attached hydrogens (tertiary/aromatic N) is 2. The van der Waals surface area contributed by atoms with Gasteiger partial charge in [-0.25, -0.2) is 0 Å². The molecule has 10 aromatic rings. The fourth-order valence-electron chi connectivity index (χ4n) is 10.4. The molecule has 1 heterocycles. The Labute approximate surface area is 384 Å². The summed E-state index contributed by atoms with van der Waals surface area (Å²) in [6.07, 6.45) is 0.968. The lowest BCUT2D eigenvalue weighted by molar-refractivity contribution is 0.660. The van der Waals surface area contributed by atoms with E-state index >= 15 is 0 Å². The summed E-state index contributed by atoms with van der Waals surface area (Å²) in [5.74, 6) is 0.470. The van der Waals surface area contributed by atoms with Crippen LogP contribution in [0.3, 0.4) is 0 Å². The Kier molecular flexibility index (Phi) is 9.92. The molecule has 0 fully saturated rings. The van der Waals surface area contributed by atoms with Crippen molar-refractivity contribution in [3.63, 3.8) is 0 Å². The first-order chi connectivity index (χ1) is 31.6. The SMILES string of the molecule is CCc1cc(-c2cc(C)cc(C(C)C)c2)cc(-n2c3ccccc3c3cc(-c4ccc(N(c5ccc(-c6ccccc6)cc5)c5ccc6c(c5)C(C)(C)c5ccccc5-6)cc4)ccc32)c1. The van der Waals surface area contributed by atoms with Crippen molar-refractivity contribution in [1.29, 1.82) is 0 Å². The van der Waals surface area contributed by atoms with Gasteiger partial charge in [-0.05, 0) is 153 Å². The average molecular weight is 839 g/mol. The molecule has 2 nitrogen and oxygen atoms in total. The smallest absolute Gasteiger partial charge is 0.0541 e. The Bertz CT molecular complexity index is 3400. The number of rotatable bonds is 9. The second kappa shape index (κ2) is 16.0. The highest BCUT2D eigenvalue weighted by Gasteiger charge is 2.35. The molecule has 1 aliphatic carbocycles. The van der Waals surface area contributed by atoms with Crippen molar-refractivity contribution < 1.29 is 0 Å². The molecular formula is C63H54N2. The predicted octanol–water partition coefficient (Wildman–Crippen LogP) is 17.6. The van der Waals surface area contributed by atoms with Gasteiger partial charge in [0.2, 0.25) is 0 Å². The third-order valence-corrected chi connectivity index (χ3v) is 13.9. The molecule has 1 aromatic heterocycles. The zero-order valence-corrected chi connectivity index (χ0v) is 38.2. The number of anilines is 3. The van der Waals surface area contributed by atoms with E-state index < -0.39 is 0 Å². The van der Waals surface area contributed by atoms with Gasteiger partial charge in [-0.1, -0.05) is 174 Å². The van der Waals surface area contributed by atoms with Crippen LogP contribution in [0.2, 0.25) is 0 Å². The van der Waals surface area contributed by atoms with Crippen molar-refractivity contribution in [3.8, 4) is 50.2 Å². The van der Waals surface area contributed by atoms with Gasteiger partial charge in [0.25, 0.3) is 0 Å². The summed E-state index contributed by atoms with van der Waals surface area (Å²) in [6.45, 7) is 13.8. The number of hydrogen-bond donors (Lipinski definition) is 0. The topological polar surface area (TPSA) is 8.17 Å². The van der Waals surface area contributed by atoms with E-state index in [2.05, 4.69) is 251 Å². The van der Waals surface area contributed by atoms with Crippen LogP contribution in [0.4, 0.5) is 17.1 Å². The third kappa shape index (κ3) is 7.05. The van der Waals surface area contributed by atoms with E-state index in [1.165, 1.54) is 99.8 Å². The van der Waals surface area contributed by atoms with Crippen molar-refractivity contribution in [2.45, 2.75) is 59.3 Å². The minimum Gasteiger partial charge on any atom is -0.310 e. The van der Waals surface area contributed by atoms with Crippen molar-refractivity contribution in [3.05, 3.63) is 228 Å². The van der Waals surface area contributed by atoms with Crippen molar-refractivity contribution in [1.82, 2.24) is 4.57 Å². The van der Waals surface area contributed by atoms with Crippen LogP contribution in [0.15, 0.2) is 200 Å². The van der Waals surface area contributed by atoms with Crippen LogP contribution in [0.25, 0.3) is 72.0 Å². The van der Waals surface area contributed by atoms with Crippen LogP contribution < -0.4 is 4.90 Å². The van der Waals surface area contributed by atoms with E-state index in [0.29, 0.717) is 5.92 Å². The quantitative estimate of drug-likeness (QED) is 0.141. The Morgan fingerprint density at radius 1 is 0.462 bits per heavy atom. The lowest BCUT2D eigenvalue weighted by Gasteiger charge is -2.28. The van der Waals surface area contributed by atoms with Crippen LogP contribution in [0, 0.1) is 6.92 Å². The molecule has 2 heteroatoms. The van der Waals surface area contributed by atoms with Gasteiger partial charge < -0.3 is 9.47 Å². The van der Waals surface area contributed by atoms with Crippen molar-refractivity contribution in [2.75, 3.05) is 4.90 Å². The fraction of sp³-hybridized carbons (Fsp3) is 0.143. The summed E-state index contributed by atoms with van der Waals surface area (Å²) in [7, 11) is 0. The van der Waals surface area contributed by atoms with E-state index in [1.54, 1.807) is 0 Å². The summed E-state index contributed by atoms with van der Waals surface area (Å²) < 4.78 is 2.47. The van der Waals surface area contributed by atoms with Crippen LogP contribution in [0.1, 0.15) is 68.4 Å². The normalized spacial score (nSPS) is 12.8. The average Bonchev–Trinajstić information content (AvgIpc) is 3.79. The molecule has 316 valence electrons. The largest absolute Gasteiger partial charge is 0.310 e. The summed E-state index contributed by atoms with van der Waals surface area (Å²) in [4.78, 5) is 2.41. The number of aryl methyl sites for hydroxylation is 2. The molecule has 0 radical (unpaired) electrons. The van der Waals surface area contributed by atoms with Gasteiger partial charge in [0.05, 0.1) is 11.0 Å². The molecule has 0 N–H and O–H groups in total.